The van der Waals surface area contributed by atoms with E-state index in [1.165, 1.54) is 0 Å². The highest BCUT2D eigenvalue weighted by Gasteiger charge is 2.51. The number of fused-ring (bicyclic) bond motifs is 1. The van der Waals surface area contributed by atoms with Crippen LogP contribution in [0.5, 0.6) is 5.88 Å². The summed E-state index contributed by atoms with van der Waals surface area (Å²) in [6, 6.07) is 1.36. The zero-order valence-electron chi connectivity index (χ0n) is 22.3. The Kier molecular flexibility index (Phi) is 8.23. The highest BCUT2D eigenvalue weighted by atomic mass is 19.1. The summed E-state index contributed by atoms with van der Waals surface area (Å²) in [4.78, 5) is 28.7. The highest BCUT2D eigenvalue weighted by Crippen LogP contribution is 2.49. The third-order valence-corrected chi connectivity index (χ3v) is 7.29. The van der Waals surface area contributed by atoms with Gasteiger partial charge in [-0.3, -0.25) is 9.59 Å². The number of hydrogen-bond donors (Lipinski definition) is 3. The number of nitrogens with one attached hydrogen (secondary N) is 2. The summed E-state index contributed by atoms with van der Waals surface area (Å²) in [6.07, 6.45) is 6.07. The minimum atomic E-state index is -0.902. The number of halogens is 1. The normalized spacial score (nSPS) is 28.8. The van der Waals surface area contributed by atoms with E-state index >= 15 is 0 Å². The summed E-state index contributed by atoms with van der Waals surface area (Å²) in [5.41, 5.74) is 1.51. The molecule has 0 aromatic carbocycles. The van der Waals surface area contributed by atoms with Crippen molar-refractivity contribution >= 4 is 11.9 Å². The first-order chi connectivity index (χ1) is 17.5. The molecule has 0 unspecified atom stereocenters. The molecule has 4 atom stereocenters. The summed E-state index contributed by atoms with van der Waals surface area (Å²) in [5, 5.41) is 17.4. The van der Waals surface area contributed by atoms with E-state index in [4.69, 9.17) is 9.47 Å². The molecule has 3 heterocycles. The number of pyridine rings is 1. The predicted molar refractivity (Wildman–Crippen MR) is 137 cm³/mol. The molecule has 1 spiro atoms. The Balaban J connectivity index is 1.47. The Bertz CT molecular complexity index is 1020. The number of hydrogen-bond acceptors (Lipinski definition) is 7. The fraction of sp³-hybridized carbons (Fsp3) is 0.679. The van der Waals surface area contributed by atoms with Crippen LogP contribution in [0.4, 0.5) is 4.39 Å². The summed E-state index contributed by atoms with van der Waals surface area (Å²) in [5.74, 6) is -0.260. The SMILES string of the molecule is C/C=C/C[C@H](NC(=O)[C@H]1CCC(=O)O1)[C@H](O)CN[C@H]1CC2(CC(F)C2)Oc2ncc(CC(C)(C)C)cc21. The number of nitrogens with zero attached hydrogens (tertiary/aromatic N) is 1. The van der Waals surface area contributed by atoms with Gasteiger partial charge in [-0.15, -0.1) is 0 Å². The molecule has 1 saturated heterocycles. The van der Waals surface area contributed by atoms with E-state index in [9.17, 15) is 19.1 Å². The molecule has 3 aliphatic rings. The maximum absolute atomic E-state index is 13.9. The zero-order chi connectivity index (χ0) is 26.8. The maximum Gasteiger partial charge on any atom is 0.306 e. The summed E-state index contributed by atoms with van der Waals surface area (Å²) in [7, 11) is 0. The standard InChI is InChI=1S/C28H40FN3O5/c1-5-6-7-20(32-25(35)23-8-9-24(34)36-23)22(33)16-30-21-14-28(12-18(29)13-28)37-26-19(21)10-17(15-31-26)11-27(2,3)4/h5-6,10,15,18,20-23,30,33H,7-9,11-14,16H2,1-4H3,(H,32,35)/b6-5+/t18?,20-,21-,22+,23+,28?/m0/s1. The van der Waals surface area contributed by atoms with E-state index in [0.717, 1.165) is 17.5 Å². The van der Waals surface area contributed by atoms with Crippen molar-refractivity contribution in [1.82, 2.24) is 15.6 Å². The fourth-order valence-electron chi connectivity index (χ4n) is 5.45. The van der Waals surface area contributed by atoms with Gasteiger partial charge in [-0.05, 0) is 36.8 Å². The van der Waals surface area contributed by atoms with Crippen LogP contribution in [-0.2, 0) is 20.7 Å². The summed E-state index contributed by atoms with van der Waals surface area (Å²) < 4.78 is 25.2. The molecular formula is C28H40FN3O5. The number of aliphatic hydroxyl groups is 1. The Morgan fingerprint density at radius 2 is 2.11 bits per heavy atom. The van der Waals surface area contributed by atoms with Crippen LogP contribution in [0.25, 0.3) is 0 Å². The second-order valence-corrected chi connectivity index (χ2v) is 11.9. The molecule has 1 saturated carbocycles. The van der Waals surface area contributed by atoms with Crippen molar-refractivity contribution < 1.29 is 28.6 Å². The number of aromatic nitrogens is 1. The Morgan fingerprint density at radius 1 is 1.35 bits per heavy atom. The summed E-state index contributed by atoms with van der Waals surface area (Å²) in [6.45, 7) is 8.59. The molecule has 8 nitrogen and oxygen atoms in total. The number of esters is 1. The van der Waals surface area contributed by atoms with E-state index in [-0.39, 0.29) is 30.4 Å². The van der Waals surface area contributed by atoms with Crippen molar-refractivity contribution in [1.29, 1.82) is 0 Å². The van der Waals surface area contributed by atoms with Crippen LogP contribution in [0.15, 0.2) is 24.4 Å². The van der Waals surface area contributed by atoms with E-state index in [1.807, 2.05) is 25.3 Å². The highest BCUT2D eigenvalue weighted by molar-refractivity contribution is 5.86. The number of carbonyl (C=O) groups is 2. The molecule has 37 heavy (non-hydrogen) atoms. The van der Waals surface area contributed by atoms with Crippen LogP contribution in [0.2, 0.25) is 0 Å². The first kappa shape index (κ1) is 27.5. The van der Waals surface area contributed by atoms with Crippen molar-refractivity contribution in [2.75, 3.05) is 6.54 Å². The quantitative estimate of drug-likeness (QED) is 0.340. The number of allylic oxidation sites excluding steroid dienone is 1. The van der Waals surface area contributed by atoms with Gasteiger partial charge >= 0.3 is 5.97 Å². The number of amides is 1. The average Bonchev–Trinajstić information content (AvgIpc) is 3.24. The van der Waals surface area contributed by atoms with Gasteiger partial charge in [0.05, 0.1) is 12.1 Å². The van der Waals surface area contributed by atoms with Crippen LogP contribution in [0.3, 0.4) is 0 Å². The molecule has 0 bridgehead atoms. The molecule has 0 radical (unpaired) electrons. The number of ether oxygens (including phenoxy) is 2. The molecule has 2 fully saturated rings. The van der Waals surface area contributed by atoms with Crippen LogP contribution >= 0.6 is 0 Å². The molecule has 9 heteroatoms. The molecule has 3 N–H and O–H groups in total. The van der Waals surface area contributed by atoms with Gasteiger partial charge in [0.2, 0.25) is 5.88 Å². The second kappa shape index (κ2) is 11.1. The molecule has 2 aliphatic heterocycles. The lowest BCUT2D eigenvalue weighted by atomic mass is 9.72. The fourth-order valence-corrected chi connectivity index (χ4v) is 5.45. The maximum atomic E-state index is 13.9. The largest absolute Gasteiger partial charge is 0.471 e. The zero-order valence-corrected chi connectivity index (χ0v) is 22.3. The van der Waals surface area contributed by atoms with E-state index in [0.29, 0.717) is 38.0 Å². The van der Waals surface area contributed by atoms with Gasteiger partial charge in [0.1, 0.15) is 11.8 Å². The first-order valence-corrected chi connectivity index (χ1v) is 13.3. The molecular weight excluding hydrogens is 477 g/mol. The van der Waals surface area contributed by atoms with Gasteiger partial charge < -0.3 is 25.2 Å². The van der Waals surface area contributed by atoms with E-state index in [1.54, 1.807) is 0 Å². The van der Waals surface area contributed by atoms with Gasteiger partial charge in [-0.2, -0.15) is 0 Å². The summed E-state index contributed by atoms with van der Waals surface area (Å²) >= 11 is 0. The Hall–Kier alpha value is -2.52. The van der Waals surface area contributed by atoms with Crippen LogP contribution in [-0.4, -0.2) is 58.5 Å². The third kappa shape index (κ3) is 6.87. The number of alkyl halides is 1. The average molecular weight is 518 g/mol. The predicted octanol–water partition coefficient (Wildman–Crippen LogP) is 3.47. The van der Waals surface area contributed by atoms with Crippen LogP contribution in [0.1, 0.15) is 83.4 Å². The van der Waals surface area contributed by atoms with Crippen molar-refractivity contribution in [3.8, 4) is 5.88 Å². The van der Waals surface area contributed by atoms with Crippen molar-refractivity contribution in [2.24, 2.45) is 5.41 Å². The van der Waals surface area contributed by atoms with Crippen molar-refractivity contribution in [3.63, 3.8) is 0 Å². The second-order valence-electron chi connectivity index (χ2n) is 11.9. The molecule has 1 aromatic rings. The smallest absolute Gasteiger partial charge is 0.306 e. The Morgan fingerprint density at radius 3 is 2.73 bits per heavy atom. The number of carbonyl (C=O) groups excluding carboxylic acids is 2. The minimum Gasteiger partial charge on any atom is -0.471 e. The van der Waals surface area contributed by atoms with Gasteiger partial charge in [-0.1, -0.05) is 32.9 Å². The number of cyclic esters (lactones) is 1. The lowest BCUT2D eigenvalue weighted by Gasteiger charge is -2.49. The minimum absolute atomic E-state index is 0.0903. The molecule has 1 aliphatic carbocycles. The van der Waals surface area contributed by atoms with Crippen molar-refractivity contribution in [2.45, 2.75) is 109 Å². The van der Waals surface area contributed by atoms with E-state index in [2.05, 4.69) is 42.5 Å². The first-order valence-electron chi connectivity index (χ1n) is 13.3. The molecule has 1 amide bonds. The molecule has 4 rings (SSSR count). The number of aliphatic hydroxyl groups excluding tert-OH is 1. The molecule has 1 aromatic heterocycles. The van der Waals surface area contributed by atoms with Gasteiger partial charge in [0.25, 0.3) is 5.91 Å². The van der Waals surface area contributed by atoms with E-state index < -0.39 is 35.9 Å². The molecule has 204 valence electrons. The lowest BCUT2D eigenvalue weighted by molar-refractivity contribution is -0.148. The van der Waals surface area contributed by atoms with Crippen LogP contribution in [0, 0.1) is 5.41 Å². The third-order valence-electron chi connectivity index (χ3n) is 7.29. The van der Waals surface area contributed by atoms with Gasteiger partial charge in [0.15, 0.2) is 6.10 Å². The Labute approximate surface area is 218 Å². The van der Waals surface area contributed by atoms with Crippen molar-refractivity contribution in [3.05, 3.63) is 35.5 Å². The van der Waals surface area contributed by atoms with Crippen LogP contribution < -0.4 is 15.4 Å². The lowest BCUT2D eigenvalue weighted by Crippen LogP contribution is -2.55. The topological polar surface area (TPSA) is 110 Å². The van der Waals surface area contributed by atoms with Gasteiger partial charge in [0, 0.05) is 56.5 Å². The number of rotatable bonds is 9. The monoisotopic (exact) mass is 517 g/mol. The van der Waals surface area contributed by atoms with Gasteiger partial charge in [-0.25, -0.2) is 9.37 Å².